The summed E-state index contributed by atoms with van der Waals surface area (Å²) in [6.45, 7) is 4.37. The van der Waals surface area contributed by atoms with E-state index in [1.54, 1.807) is 11.8 Å². The fourth-order valence-electron chi connectivity index (χ4n) is 2.82. The van der Waals surface area contributed by atoms with Gasteiger partial charge in [-0.25, -0.2) is 0 Å². The van der Waals surface area contributed by atoms with Crippen LogP contribution in [0.3, 0.4) is 0 Å². The van der Waals surface area contributed by atoms with Gasteiger partial charge in [0.25, 0.3) is 5.91 Å². The van der Waals surface area contributed by atoms with Crippen molar-refractivity contribution in [3.05, 3.63) is 59.7 Å². The first-order valence-electron chi connectivity index (χ1n) is 8.01. The molecule has 23 heavy (non-hydrogen) atoms. The smallest absolute Gasteiger partial charge is 0.268 e. The highest BCUT2D eigenvalue weighted by atomic mass is 16.5. The molecule has 0 radical (unpaired) electrons. The zero-order valence-electron chi connectivity index (χ0n) is 13.5. The molecule has 2 aromatic rings. The van der Waals surface area contributed by atoms with E-state index in [2.05, 4.69) is 6.92 Å². The summed E-state index contributed by atoms with van der Waals surface area (Å²) in [5.41, 5.74) is 9.06. The number of carbonyl (C=O) groups excluding carboxylic acids is 1. The largest absolute Gasteiger partial charge is 0.479 e. The molecule has 2 aromatic carbocycles. The summed E-state index contributed by atoms with van der Waals surface area (Å²) in [5.74, 6) is 0.712. The minimum atomic E-state index is -0.475. The van der Waals surface area contributed by atoms with Gasteiger partial charge in [-0.05, 0) is 36.6 Å². The van der Waals surface area contributed by atoms with E-state index in [1.807, 2.05) is 48.5 Å². The van der Waals surface area contributed by atoms with Crippen LogP contribution < -0.4 is 15.4 Å². The Morgan fingerprint density at radius 3 is 2.65 bits per heavy atom. The summed E-state index contributed by atoms with van der Waals surface area (Å²) < 4.78 is 5.75. The van der Waals surface area contributed by atoms with Crippen LogP contribution in [0.2, 0.25) is 0 Å². The zero-order chi connectivity index (χ0) is 16.4. The first-order chi connectivity index (χ1) is 11.1. The molecule has 0 saturated carbocycles. The van der Waals surface area contributed by atoms with Crippen LogP contribution in [0.1, 0.15) is 37.4 Å². The minimum absolute atomic E-state index is 0.0245. The van der Waals surface area contributed by atoms with Crippen molar-refractivity contribution in [3.8, 4) is 5.75 Å². The summed E-state index contributed by atoms with van der Waals surface area (Å²) >= 11 is 0. The van der Waals surface area contributed by atoms with E-state index in [0.717, 1.165) is 29.0 Å². The number of amides is 1. The fourth-order valence-corrected chi connectivity index (χ4v) is 2.82. The van der Waals surface area contributed by atoms with Gasteiger partial charge in [-0.1, -0.05) is 43.3 Å². The minimum Gasteiger partial charge on any atom is -0.479 e. The van der Waals surface area contributed by atoms with Crippen molar-refractivity contribution >= 4 is 11.6 Å². The Bertz CT molecular complexity index is 700. The number of ether oxygens (including phenoxy) is 1. The normalized spacial score (nSPS) is 18.3. The van der Waals surface area contributed by atoms with E-state index in [0.29, 0.717) is 6.54 Å². The molecule has 2 atom stereocenters. The molecule has 0 spiro atoms. The Hall–Kier alpha value is -2.33. The van der Waals surface area contributed by atoms with Crippen LogP contribution in [0.25, 0.3) is 0 Å². The lowest BCUT2D eigenvalue weighted by Crippen LogP contribution is -2.44. The Kier molecular flexibility index (Phi) is 4.35. The highest BCUT2D eigenvalue weighted by molar-refractivity contribution is 5.99. The van der Waals surface area contributed by atoms with Crippen molar-refractivity contribution in [1.82, 2.24) is 0 Å². The third kappa shape index (κ3) is 3.08. The van der Waals surface area contributed by atoms with E-state index in [4.69, 9.17) is 10.5 Å². The number of fused-ring (bicyclic) bond motifs is 1. The Morgan fingerprint density at radius 1 is 1.22 bits per heavy atom. The van der Waals surface area contributed by atoms with E-state index in [-0.39, 0.29) is 11.9 Å². The van der Waals surface area contributed by atoms with Gasteiger partial charge in [0.2, 0.25) is 0 Å². The number of nitrogens with zero attached hydrogens (tertiary/aromatic N) is 1. The number of benzene rings is 2. The van der Waals surface area contributed by atoms with Gasteiger partial charge in [0.15, 0.2) is 6.10 Å². The van der Waals surface area contributed by atoms with Gasteiger partial charge >= 0.3 is 0 Å². The lowest BCUT2D eigenvalue weighted by molar-refractivity contribution is -0.125. The zero-order valence-corrected chi connectivity index (χ0v) is 13.5. The lowest BCUT2D eigenvalue weighted by atomic mass is 10.0. The number of rotatable bonds is 4. The Balaban J connectivity index is 2.00. The van der Waals surface area contributed by atoms with Crippen molar-refractivity contribution in [3.63, 3.8) is 0 Å². The molecule has 0 fully saturated rings. The predicted octanol–water partition coefficient (Wildman–Crippen LogP) is 3.41. The van der Waals surface area contributed by atoms with Gasteiger partial charge in [0.05, 0.1) is 12.2 Å². The molecule has 1 aliphatic heterocycles. The van der Waals surface area contributed by atoms with Crippen molar-refractivity contribution in [1.29, 1.82) is 0 Å². The van der Waals surface area contributed by atoms with Gasteiger partial charge in [-0.3, -0.25) is 4.79 Å². The number of hydrogen-bond acceptors (Lipinski definition) is 3. The third-order valence-electron chi connectivity index (χ3n) is 4.24. The number of carbonyl (C=O) groups is 1. The fraction of sp³-hybridized carbons (Fsp3) is 0.316. The van der Waals surface area contributed by atoms with Gasteiger partial charge in [0, 0.05) is 6.04 Å². The molecular weight excluding hydrogens is 288 g/mol. The topological polar surface area (TPSA) is 55.6 Å². The summed E-state index contributed by atoms with van der Waals surface area (Å²) in [7, 11) is 0. The first-order valence-corrected chi connectivity index (χ1v) is 8.01. The Labute approximate surface area is 136 Å². The van der Waals surface area contributed by atoms with Crippen LogP contribution in [0.4, 0.5) is 5.69 Å². The van der Waals surface area contributed by atoms with Gasteiger partial charge < -0.3 is 15.4 Å². The van der Waals surface area contributed by atoms with Crippen LogP contribution in [-0.2, 0) is 11.3 Å². The molecule has 0 bridgehead atoms. The van der Waals surface area contributed by atoms with Gasteiger partial charge in [0.1, 0.15) is 5.75 Å². The van der Waals surface area contributed by atoms with E-state index in [1.165, 1.54) is 0 Å². The second-order valence-corrected chi connectivity index (χ2v) is 5.91. The number of anilines is 1. The van der Waals surface area contributed by atoms with E-state index >= 15 is 0 Å². The maximum atomic E-state index is 12.6. The second kappa shape index (κ2) is 6.42. The summed E-state index contributed by atoms with van der Waals surface area (Å²) in [6, 6.07) is 15.8. The molecule has 1 amide bonds. The predicted molar refractivity (Wildman–Crippen MR) is 91.4 cm³/mol. The van der Waals surface area contributed by atoms with Crippen molar-refractivity contribution in [2.45, 2.75) is 39.0 Å². The number of hydrogen-bond donors (Lipinski definition) is 1. The molecule has 3 rings (SSSR count). The number of nitrogens with two attached hydrogens (primary N) is 1. The van der Waals surface area contributed by atoms with E-state index in [9.17, 15) is 4.79 Å². The Morgan fingerprint density at radius 2 is 1.96 bits per heavy atom. The van der Waals surface area contributed by atoms with Crippen molar-refractivity contribution < 1.29 is 9.53 Å². The van der Waals surface area contributed by atoms with Crippen LogP contribution >= 0.6 is 0 Å². The standard InChI is InChI=1S/C19H22N2O2/c1-3-16(20)15-9-10-18-17(11-15)21(19(22)13(2)23-18)12-14-7-5-4-6-8-14/h4-11,13,16H,3,12,20H2,1-2H3. The SMILES string of the molecule is CCC(N)c1ccc2c(c1)N(Cc1ccccc1)C(=O)C(C)O2. The summed E-state index contributed by atoms with van der Waals surface area (Å²) in [6.07, 6.45) is 0.375. The second-order valence-electron chi connectivity index (χ2n) is 5.91. The van der Waals surface area contributed by atoms with Crippen LogP contribution in [0, 0.1) is 0 Å². The van der Waals surface area contributed by atoms with Gasteiger partial charge in [-0.2, -0.15) is 0 Å². The average Bonchev–Trinajstić information content (AvgIpc) is 2.59. The highest BCUT2D eigenvalue weighted by Crippen LogP contribution is 2.37. The highest BCUT2D eigenvalue weighted by Gasteiger charge is 2.31. The molecule has 0 aromatic heterocycles. The molecule has 4 nitrogen and oxygen atoms in total. The quantitative estimate of drug-likeness (QED) is 0.941. The average molecular weight is 310 g/mol. The van der Waals surface area contributed by atoms with Crippen LogP contribution in [0.5, 0.6) is 5.75 Å². The van der Waals surface area contributed by atoms with Crippen LogP contribution in [0.15, 0.2) is 48.5 Å². The maximum Gasteiger partial charge on any atom is 0.268 e. The first kappa shape index (κ1) is 15.6. The molecule has 1 aliphatic rings. The monoisotopic (exact) mass is 310 g/mol. The molecule has 0 saturated heterocycles. The molecule has 4 heteroatoms. The molecular formula is C19H22N2O2. The molecule has 2 N–H and O–H groups in total. The molecule has 2 unspecified atom stereocenters. The molecule has 1 heterocycles. The maximum absolute atomic E-state index is 12.6. The van der Waals surface area contributed by atoms with Crippen LogP contribution in [-0.4, -0.2) is 12.0 Å². The lowest BCUT2D eigenvalue weighted by Gasteiger charge is -2.33. The van der Waals surface area contributed by atoms with Crippen molar-refractivity contribution in [2.75, 3.05) is 4.90 Å². The summed E-state index contributed by atoms with van der Waals surface area (Å²) in [4.78, 5) is 14.4. The molecule has 120 valence electrons. The summed E-state index contributed by atoms with van der Waals surface area (Å²) in [5, 5.41) is 0. The van der Waals surface area contributed by atoms with Crippen molar-refractivity contribution in [2.24, 2.45) is 5.73 Å². The molecule has 0 aliphatic carbocycles. The van der Waals surface area contributed by atoms with Gasteiger partial charge in [-0.15, -0.1) is 0 Å². The van der Waals surface area contributed by atoms with E-state index < -0.39 is 6.10 Å². The third-order valence-corrected chi connectivity index (χ3v) is 4.24.